The topological polar surface area (TPSA) is 53.6 Å². The second-order valence-corrected chi connectivity index (χ2v) is 6.79. The first-order chi connectivity index (χ1) is 13.5. The number of amides is 1. The number of nitrogens with zero attached hydrogens (tertiary/aromatic N) is 1. The van der Waals surface area contributed by atoms with Crippen molar-refractivity contribution < 1.29 is 9.53 Å². The van der Waals surface area contributed by atoms with Crippen LogP contribution in [0, 0.1) is 6.92 Å². The predicted molar refractivity (Wildman–Crippen MR) is 116 cm³/mol. The molecule has 2 N–H and O–H groups in total. The van der Waals surface area contributed by atoms with Crippen molar-refractivity contribution in [3.63, 3.8) is 0 Å². The van der Waals surface area contributed by atoms with E-state index in [-0.39, 0.29) is 12.5 Å². The second kappa shape index (κ2) is 8.95. The molecule has 5 nitrogen and oxygen atoms in total. The van der Waals surface area contributed by atoms with Crippen LogP contribution in [-0.2, 0) is 4.79 Å². The van der Waals surface area contributed by atoms with Crippen molar-refractivity contribution in [3.8, 4) is 5.75 Å². The Morgan fingerprint density at radius 2 is 1.36 bits per heavy atom. The largest absolute Gasteiger partial charge is 0.484 e. The second-order valence-electron chi connectivity index (χ2n) is 6.79. The van der Waals surface area contributed by atoms with Crippen molar-refractivity contribution in [2.45, 2.75) is 6.92 Å². The summed E-state index contributed by atoms with van der Waals surface area (Å²) in [5, 5.41) is 6.18. The monoisotopic (exact) mass is 375 g/mol. The van der Waals surface area contributed by atoms with E-state index in [2.05, 4.69) is 27.7 Å². The molecule has 0 atom stereocenters. The number of hydrogen-bond donors (Lipinski definition) is 2. The maximum absolute atomic E-state index is 12.1. The molecule has 1 amide bonds. The lowest BCUT2D eigenvalue weighted by atomic mass is 10.2. The van der Waals surface area contributed by atoms with Gasteiger partial charge in [-0.3, -0.25) is 4.79 Å². The zero-order valence-electron chi connectivity index (χ0n) is 16.4. The molecule has 0 radical (unpaired) electrons. The Morgan fingerprint density at radius 1 is 0.821 bits per heavy atom. The molecular formula is C23H25N3O2. The van der Waals surface area contributed by atoms with Gasteiger partial charge in [0.25, 0.3) is 5.91 Å². The lowest BCUT2D eigenvalue weighted by Crippen LogP contribution is -2.20. The third-order valence-corrected chi connectivity index (χ3v) is 4.23. The van der Waals surface area contributed by atoms with Gasteiger partial charge in [-0.05, 0) is 67.6 Å². The number of carbonyl (C=O) groups excluding carboxylic acids is 1. The van der Waals surface area contributed by atoms with Crippen LogP contribution in [0.4, 0.5) is 22.7 Å². The van der Waals surface area contributed by atoms with Gasteiger partial charge in [0.15, 0.2) is 6.61 Å². The zero-order valence-corrected chi connectivity index (χ0v) is 16.4. The molecule has 3 aromatic rings. The average molecular weight is 375 g/mol. The molecule has 0 aliphatic heterocycles. The fourth-order valence-corrected chi connectivity index (χ4v) is 2.63. The van der Waals surface area contributed by atoms with Gasteiger partial charge in [-0.15, -0.1) is 0 Å². The van der Waals surface area contributed by atoms with Crippen molar-refractivity contribution in [1.29, 1.82) is 0 Å². The Labute approximate surface area is 166 Å². The van der Waals surface area contributed by atoms with Crippen LogP contribution in [0.3, 0.4) is 0 Å². The Balaban J connectivity index is 1.50. The lowest BCUT2D eigenvalue weighted by Gasteiger charge is -2.13. The van der Waals surface area contributed by atoms with Crippen molar-refractivity contribution in [2.24, 2.45) is 0 Å². The van der Waals surface area contributed by atoms with Gasteiger partial charge >= 0.3 is 0 Å². The molecule has 28 heavy (non-hydrogen) atoms. The van der Waals surface area contributed by atoms with Crippen LogP contribution in [-0.4, -0.2) is 26.6 Å². The summed E-state index contributed by atoms with van der Waals surface area (Å²) in [4.78, 5) is 14.1. The Hall–Kier alpha value is -3.47. The van der Waals surface area contributed by atoms with E-state index in [0.29, 0.717) is 5.75 Å². The standard InChI is InChI=1S/C23H25N3O2/c1-17-4-14-22(15-5-17)28-16-23(27)25-20-8-6-18(7-9-20)24-19-10-12-21(13-11-19)26(2)3/h4-15,24H,16H2,1-3H3,(H,25,27). The average Bonchev–Trinajstić information content (AvgIpc) is 2.69. The van der Waals surface area contributed by atoms with Crippen LogP contribution in [0.1, 0.15) is 5.56 Å². The Morgan fingerprint density at radius 3 is 1.93 bits per heavy atom. The Bertz CT molecular complexity index is 902. The summed E-state index contributed by atoms with van der Waals surface area (Å²) >= 11 is 0. The van der Waals surface area contributed by atoms with E-state index >= 15 is 0 Å². The highest BCUT2D eigenvalue weighted by Gasteiger charge is 2.04. The van der Waals surface area contributed by atoms with Gasteiger partial charge in [0.05, 0.1) is 0 Å². The molecule has 0 heterocycles. The van der Waals surface area contributed by atoms with Gasteiger partial charge in [0, 0.05) is 36.8 Å². The summed E-state index contributed by atoms with van der Waals surface area (Å²) in [5.41, 5.74) is 4.99. The number of hydrogen-bond acceptors (Lipinski definition) is 4. The van der Waals surface area contributed by atoms with Crippen LogP contribution in [0.25, 0.3) is 0 Å². The van der Waals surface area contributed by atoms with Gasteiger partial charge in [-0.25, -0.2) is 0 Å². The zero-order chi connectivity index (χ0) is 19.9. The van der Waals surface area contributed by atoms with Gasteiger partial charge in [-0.1, -0.05) is 17.7 Å². The van der Waals surface area contributed by atoms with Gasteiger partial charge in [0.2, 0.25) is 0 Å². The number of nitrogens with one attached hydrogen (secondary N) is 2. The van der Waals surface area contributed by atoms with Gasteiger partial charge in [0.1, 0.15) is 5.75 Å². The SMILES string of the molecule is Cc1ccc(OCC(=O)Nc2ccc(Nc3ccc(N(C)C)cc3)cc2)cc1. The molecule has 144 valence electrons. The molecule has 5 heteroatoms. The van der Waals surface area contributed by atoms with Crippen LogP contribution < -0.4 is 20.3 Å². The van der Waals surface area contributed by atoms with E-state index in [1.165, 1.54) is 0 Å². The highest BCUT2D eigenvalue weighted by atomic mass is 16.5. The summed E-state index contributed by atoms with van der Waals surface area (Å²) in [6.45, 7) is 1.98. The van der Waals surface area contributed by atoms with E-state index in [0.717, 1.165) is 28.3 Å². The van der Waals surface area contributed by atoms with Gasteiger partial charge < -0.3 is 20.3 Å². The summed E-state index contributed by atoms with van der Waals surface area (Å²) in [5.74, 6) is 0.487. The van der Waals surface area contributed by atoms with E-state index in [1.807, 2.05) is 81.7 Å². The third kappa shape index (κ3) is 5.51. The molecular weight excluding hydrogens is 350 g/mol. The number of ether oxygens (including phenoxy) is 1. The van der Waals surface area contributed by atoms with E-state index < -0.39 is 0 Å². The summed E-state index contributed by atoms with van der Waals surface area (Å²) in [7, 11) is 4.03. The maximum Gasteiger partial charge on any atom is 0.262 e. The molecule has 0 bridgehead atoms. The molecule has 3 aromatic carbocycles. The van der Waals surface area contributed by atoms with Crippen LogP contribution in [0.2, 0.25) is 0 Å². The highest BCUT2D eigenvalue weighted by molar-refractivity contribution is 5.92. The fraction of sp³-hybridized carbons (Fsp3) is 0.174. The maximum atomic E-state index is 12.1. The first kappa shape index (κ1) is 19.3. The van der Waals surface area contributed by atoms with Crippen LogP contribution in [0.5, 0.6) is 5.75 Å². The van der Waals surface area contributed by atoms with Gasteiger partial charge in [-0.2, -0.15) is 0 Å². The van der Waals surface area contributed by atoms with Crippen molar-refractivity contribution >= 4 is 28.7 Å². The number of rotatable bonds is 7. The van der Waals surface area contributed by atoms with E-state index in [1.54, 1.807) is 0 Å². The smallest absolute Gasteiger partial charge is 0.262 e. The van der Waals surface area contributed by atoms with Crippen LogP contribution in [0.15, 0.2) is 72.8 Å². The number of anilines is 4. The number of aryl methyl sites for hydroxylation is 1. The molecule has 0 aromatic heterocycles. The first-order valence-corrected chi connectivity index (χ1v) is 9.13. The molecule has 0 saturated heterocycles. The quantitative estimate of drug-likeness (QED) is 0.621. The van der Waals surface area contributed by atoms with Crippen molar-refractivity contribution in [2.75, 3.05) is 36.2 Å². The Kier molecular flexibility index (Phi) is 6.17. The molecule has 0 aliphatic carbocycles. The third-order valence-electron chi connectivity index (χ3n) is 4.23. The molecule has 3 rings (SSSR count). The molecule has 0 aliphatic rings. The minimum absolute atomic E-state index is 0.0265. The molecule has 0 saturated carbocycles. The van der Waals surface area contributed by atoms with Crippen molar-refractivity contribution in [1.82, 2.24) is 0 Å². The predicted octanol–water partition coefficient (Wildman–Crippen LogP) is 4.82. The minimum Gasteiger partial charge on any atom is -0.484 e. The van der Waals surface area contributed by atoms with Crippen LogP contribution >= 0.6 is 0 Å². The molecule has 0 fully saturated rings. The lowest BCUT2D eigenvalue weighted by molar-refractivity contribution is -0.118. The van der Waals surface area contributed by atoms with E-state index in [9.17, 15) is 4.79 Å². The van der Waals surface area contributed by atoms with E-state index in [4.69, 9.17) is 4.74 Å². The van der Waals surface area contributed by atoms with Crippen molar-refractivity contribution in [3.05, 3.63) is 78.4 Å². The fourth-order valence-electron chi connectivity index (χ4n) is 2.63. The highest BCUT2D eigenvalue weighted by Crippen LogP contribution is 2.21. The summed E-state index contributed by atoms with van der Waals surface area (Å²) in [6.07, 6.45) is 0. The summed E-state index contributed by atoms with van der Waals surface area (Å²) in [6, 6.07) is 23.4. The normalized spacial score (nSPS) is 10.2. The summed E-state index contributed by atoms with van der Waals surface area (Å²) < 4.78 is 5.50. The molecule has 0 unspecified atom stereocenters. The number of carbonyl (C=O) groups is 1. The number of benzene rings is 3. The first-order valence-electron chi connectivity index (χ1n) is 9.13. The molecule has 0 spiro atoms. The minimum atomic E-state index is -0.194.